The molecule has 142 valence electrons. The first-order chi connectivity index (χ1) is 14.1. The van der Waals surface area contributed by atoms with Crippen LogP contribution in [0.1, 0.15) is 5.69 Å². The van der Waals surface area contributed by atoms with Gasteiger partial charge in [-0.1, -0.05) is 0 Å². The smallest absolute Gasteiger partial charge is 0.176 e. The Morgan fingerprint density at radius 1 is 1.03 bits per heavy atom. The average Bonchev–Trinajstić information content (AvgIpc) is 3.29. The van der Waals surface area contributed by atoms with Gasteiger partial charge in [0.2, 0.25) is 0 Å². The van der Waals surface area contributed by atoms with Gasteiger partial charge in [-0.2, -0.15) is 0 Å². The molecule has 0 atom stereocenters. The van der Waals surface area contributed by atoms with Gasteiger partial charge in [0.05, 0.1) is 28.2 Å². The van der Waals surface area contributed by atoms with E-state index in [1.54, 1.807) is 24.7 Å². The summed E-state index contributed by atoms with van der Waals surface area (Å²) >= 11 is 1.48. The summed E-state index contributed by atoms with van der Waals surface area (Å²) in [7, 11) is 1.95. The number of aryl methyl sites for hydroxylation is 2. The molecular weight excluding hydrogens is 387 g/mol. The second kappa shape index (κ2) is 6.82. The minimum Gasteiger partial charge on any atom is -0.326 e. The van der Waals surface area contributed by atoms with Crippen LogP contribution in [0, 0.1) is 12.7 Å². The summed E-state index contributed by atoms with van der Waals surface area (Å²) in [5, 5.41) is 1.73. The summed E-state index contributed by atoms with van der Waals surface area (Å²) in [6.45, 7) is 1.93. The summed E-state index contributed by atoms with van der Waals surface area (Å²) in [4.78, 5) is 23.0. The van der Waals surface area contributed by atoms with E-state index in [1.165, 1.54) is 23.6 Å². The molecule has 0 saturated heterocycles. The molecule has 0 bridgehead atoms. The van der Waals surface area contributed by atoms with Gasteiger partial charge in [-0.25, -0.2) is 24.3 Å². The Hall–Kier alpha value is -3.52. The van der Waals surface area contributed by atoms with Gasteiger partial charge >= 0.3 is 0 Å². The van der Waals surface area contributed by atoms with Gasteiger partial charge in [0.15, 0.2) is 5.82 Å². The molecule has 0 aliphatic carbocycles. The minimum atomic E-state index is -0.379. The fraction of sp³-hybridized carbons (Fsp3) is 0.0952. The summed E-state index contributed by atoms with van der Waals surface area (Å²) in [6, 6.07) is 9.28. The number of nitrogens with zero attached hydrogens (tertiary/aromatic N) is 6. The molecule has 0 saturated carbocycles. The molecule has 0 N–H and O–H groups in total. The number of pyridine rings is 2. The highest BCUT2D eigenvalue weighted by molar-refractivity contribution is 7.18. The van der Waals surface area contributed by atoms with Gasteiger partial charge in [-0.15, -0.1) is 11.3 Å². The monoisotopic (exact) mass is 402 g/mol. The molecule has 5 rings (SSSR count). The van der Waals surface area contributed by atoms with Crippen molar-refractivity contribution in [3.05, 3.63) is 66.6 Å². The molecule has 8 heteroatoms. The van der Waals surface area contributed by atoms with Crippen molar-refractivity contribution in [3.8, 4) is 32.7 Å². The van der Waals surface area contributed by atoms with E-state index in [2.05, 4.69) is 19.9 Å². The third kappa shape index (κ3) is 3.07. The zero-order chi connectivity index (χ0) is 20.0. The predicted octanol–water partition coefficient (Wildman–Crippen LogP) is 4.66. The molecule has 5 aromatic heterocycles. The van der Waals surface area contributed by atoms with E-state index in [4.69, 9.17) is 4.98 Å². The number of hydrogen-bond acceptors (Lipinski definition) is 6. The van der Waals surface area contributed by atoms with Crippen LogP contribution in [0.4, 0.5) is 4.39 Å². The highest BCUT2D eigenvalue weighted by Gasteiger charge is 2.16. The van der Waals surface area contributed by atoms with Crippen LogP contribution in [-0.2, 0) is 7.05 Å². The van der Waals surface area contributed by atoms with Crippen molar-refractivity contribution < 1.29 is 4.39 Å². The lowest BCUT2D eigenvalue weighted by molar-refractivity contribution is 0.622. The number of fused-ring (bicyclic) bond motifs is 1. The Morgan fingerprint density at radius 2 is 1.86 bits per heavy atom. The molecule has 0 radical (unpaired) electrons. The van der Waals surface area contributed by atoms with E-state index in [1.807, 2.05) is 36.7 Å². The molecule has 0 fully saturated rings. The third-order valence-electron chi connectivity index (χ3n) is 4.65. The van der Waals surface area contributed by atoms with E-state index in [9.17, 15) is 4.39 Å². The van der Waals surface area contributed by atoms with Gasteiger partial charge in [0, 0.05) is 36.6 Å². The van der Waals surface area contributed by atoms with E-state index >= 15 is 0 Å². The Bertz CT molecular complexity index is 1340. The van der Waals surface area contributed by atoms with Crippen LogP contribution in [0.5, 0.6) is 0 Å². The molecule has 0 aliphatic rings. The maximum atomic E-state index is 13.5. The van der Waals surface area contributed by atoms with Crippen molar-refractivity contribution in [1.82, 2.24) is 29.5 Å². The van der Waals surface area contributed by atoms with Gasteiger partial charge in [0.1, 0.15) is 16.5 Å². The maximum absolute atomic E-state index is 13.5. The lowest BCUT2D eigenvalue weighted by Gasteiger charge is -2.03. The van der Waals surface area contributed by atoms with E-state index in [0.717, 1.165) is 38.0 Å². The minimum absolute atomic E-state index is 0.379. The van der Waals surface area contributed by atoms with Crippen LogP contribution in [0.2, 0.25) is 0 Å². The van der Waals surface area contributed by atoms with Crippen LogP contribution < -0.4 is 0 Å². The molecule has 5 aromatic rings. The van der Waals surface area contributed by atoms with Crippen LogP contribution >= 0.6 is 11.3 Å². The molecule has 29 heavy (non-hydrogen) atoms. The second-order valence-corrected chi connectivity index (χ2v) is 7.59. The number of hydrogen-bond donors (Lipinski definition) is 0. The van der Waals surface area contributed by atoms with Crippen molar-refractivity contribution in [2.24, 2.45) is 7.05 Å². The van der Waals surface area contributed by atoms with Crippen LogP contribution in [-0.4, -0.2) is 29.5 Å². The number of aromatic nitrogens is 6. The van der Waals surface area contributed by atoms with Crippen molar-refractivity contribution >= 4 is 22.4 Å². The largest absolute Gasteiger partial charge is 0.326 e. The normalized spacial score (nSPS) is 11.3. The highest BCUT2D eigenvalue weighted by Crippen LogP contribution is 2.35. The summed E-state index contributed by atoms with van der Waals surface area (Å²) in [6.07, 6.45) is 6.25. The van der Waals surface area contributed by atoms with E-state index < -0.39 is 0 Å². The van der Waals surface area contributed by atoms with Crippen molar-refractivity contribution in [1.29, 1.82) is 0 Å². The van der Waals surface area contributed by atoms with Crippen LogP contribution in [0.25, 0.3) is 43.7 Å². The average molecular weight is 402 g/mol. The Balaban J connectivity index is 1.60. The van der Waals surface area contributed by atoms with E-state index in [0.29, 0.717) is 11.4 Å². The predicted molar refractivity (Wildman–Crippen MR) is 111 cm³/mol. The molecular formula is C21H15FN6S. The van der Waals surface area contributed by atoms with Gasteiger partial charge in [-0.05, 0) is 37.3 Å². The molecule has 0 amide bonds. The second-order valence-electron chi connectivity index (χ2n) is 6.60. The highest BCUT2D eigenvalue weighted by atomic mass is 32.1. The SMILES string of the molecule is Cc1nc(-c2cncc(F)c2)sc1-c1ccc2cc(-c3ncccn3)n(C)c2n1. The Labute approximate surface area is 169 Å². The quantitative estimate of drug-likeness (QED) is 0.439. The summed E-state index contributed by atoms with van der Waals surface area (Å²) in [5.74, 6) is 0.278. The van der Waals surface area contributed by atoms with Crippen molar-refractivity contribution in [3.63, 3.8) is 0 Å². The Morgan fingerprint density at radius 3 is 2.66 bits per heavy atom. The lowest BCUT2D eigenvalue weighted by Crippen LogP contribution is -1.96. The molecule has 0 aromatic carbocycles. The third-order valence-corrected chi connectivity index (χ3v) is 5.88. The molecule has 0 aliphatic heterocycles. The first kappa shape index (κ1) is 17.6. The topological polar surface area (TPSA) is 69.4 Å². The lowest BCUT2D eigenvalue weighted by atomic mass is 10.2. The zero-order valence-corrected chi connectivity index (χ0v) is 16.5. The number of rotatable bonds is 3. The molecule has 0 spiro atoms. The van der Waals surface area contributed by atoms with Crippen molar-refractivity contribution in [2.75, 3.05) is 0 Å². The van der Waals surface area contributed by atoms with E-state index in [-0.39, 0.29) is 5.82 Å². The van der Waals surface area contributed by atoms with Crippen molar-refractivity contribution in [2.45, 2.75) is 6.92 Å². The fourth-order valence-corrected chi connectivity index (χ4v) is 4.27. The van der Waals surface area contributed by atoms with Gasteiger partial charge in [0.25, 0.3) is 0 Å². The first-order valence-corrected chi connectivity index (χ1v) is 9.74. The fourth-order valence-electron chi connectivity index (χ4n) is 3.26. The van der Waals surface area contributed by atoms with Crippen LogP contribution in [0.3, 0.4) is 0 Å². The molecule has 5 heterocycles. The van der Waals surface area contributed by atoms with Gasteiger partial charge < -0.3 is 4.57 Å². The van der Waals surface area contributed by atoms with Gasteiger partial charge in [-0.3, -0.25) is 4.98 Å². The molecule has 6 nitrogen and oxygen atoms in total. The summed E-state index contributed by atoms with van der Waals surface area (Å²) in [5.41, 5.74) is 4.07. The first-order valence-electron chi connectivity index (χ1n) is 8.93. The molecule has 0 unspecified atom stereocenters. The van der Waals surface area contributed by atoms with Crippen LogP contribution in [0.15, 0.2) is 55.1 Å². The standard InChI is InChI=1S/C21H15FN6S/c1-12-18(29-21(26-12)14-8-15(22)11-23-10-14)16-5-4-13-9-17(28(2)20(13)27-16)19-24-6-3-7-25-19/h3-11H,1-2H3. The number of halogens is 1. The maximum Gasteiger partial charge on any atom is 0.176 e. The number of thiazole rings is 1. The summed E-state index contributed by atoms with van der Waals surface area (Å²) < 4.78 is 15.5. The zero-order valence-electron chi connectivity index (χ0n) is 15.7. The Kier molecular flexibility index (Phi) is 4.13.